The molecule has 0 aromatic heterocycles. The molecule has 2 rings (SSSR count). The molecule has 0 heterocycles. The first kappa shape index (κ1) is 15.6. The van der Waals surface area contributed by atoms with Gasteiger partial charge >= 0.3 is 5.97 Å². The maximum absolute atomic E-state index is 10.8. The molecule has 5 nitrogen and oxygen atoms in total. The summed E-state index contributed by atoms with van der Waals surface area (Å²) in [5.74, 6) is -0.800. The van der Waals surface area contributed by atoms with Gasteiger partial charge in [0, 0.05) is 12.1 Å². The number of nitrogens with one attached hydrogen (secondary N) is 1. The number of aliphatic carboxylic acids is 1. The lowest BCUT2D eigenvalue weighted by atomic mass is 9.85. The fraction of sp³-hybridized carbons (Fsp3) is 0.467. The minimum Gasteiger partial charge on any atom is -0.480 e. The van der Waals surface area contributed by atoms with E-state index in [9.17, 15) is 4.79 Å². The van der Waals surface area contributed by atoms with E-state index in [4.69, 9.17) is 22.0 Å². The molecule has 0 radical (unpaired) electrons. The molecule has 0 amide bonds. The number of para-hydroxylation sites is 1. The maximum Gasteiger partial charge on any atom is 0.317 e. The molecule has 0 unspecified atom stereocenters. The normalized spacial score (nSPS) is 20.7. The summed E-state index contributed by atoms with van der Waals surface area (Å²) in [5, 5.41) is 21.8. The van der Waals surface area contributed by atoms with Gasteiger partial charge in [0.15, 0.2) is 0 Å². The molecule has 21 heavy (non-hydrogen) atoms. The van der Waals surface area contributed by atoms with Crippen LogP contribution in [0.15, 0.2) is 18.2 Å². The van der Waals surface area contributed by atoms with E-state index in [-0.39, 0.29) is 18.6 Å². The van der Waals surface area contributed by atoms with Crippen molar-refractivity contribution in [3.05, 3.63) is 28.8 Å². The summed E-state index contributed by atoms with van der Waals surface area (Å²) in [6.07, 6.45) is 1.72. The van der Waals surface area contributed by atoms with Gasteiger partial charge in [0.2, 0.25) is 0 Å². The van der Waals surface area contributed by atoms with Crippen molar-refractivity contribution < 1.29 is 9.90 Å². The molecule has 1 aliphatic carbocycles. The summed E-state index contributed by atoms with van der Waals surface area (Å²) in [6, 6.07) is 7.86. The Morgan fingerprint density at radius 2 is 2.29 bits per heavy atom. The molecular weight excluding hydrogens is 290 g/mol. The standard InChI is InChI=1S/C15H18ClN3O2/c1-2-19(9-14(20)21)12-6-11(7-12)18-15-10(8-17)4-3-5-13(15)16/h3-5,11-12,18H,2,6-7,9H2,1H3,(H,20,21). The second-order valence-corrected chi connectivity index (χ2v) is 5.60. The highest BCUT2D eigenvalue weighted by Crippen LogP contribution is 2.32. The lowest BCUT2D eigenvalue weighted by Gasteiger charge is -2.42. The third-order valence-corrected chi connectivity index (χ3v) is 4.17. The van der Waals surface area contributed by atoms with Crippen LogP contribution in [0.25, 0.3) is 0 Å². The minimum absolute atomic E-state index is 0.0728. The summed E-state index contributed by atoms with van der Waals surface area (Å²) in [6.45, 7) is 2.76. The Kier molecular flexibility index (Phi) is 5.05. The fourth-order valence-corrected chi connectivity index (χ4v) is 2.87. The quantitative estimate of drug-likeness (QED) is 0.844. The number of benzene rings is 1. The number of hydrogen-bond donors (Lipinski definition) is 2. The van der Waals surface area contributed by atoms with E-state index >= 15 is 0 Å². The molecule has 1 aliphatic rings. The lowest BCUT2D eigenvalue weighted by Crippen LogP contribution is -2.51. The number of anilines is 1. The smallest absolute Gasteiger partial charge is 0.317 e. The molecular formula is C15H18ClN3O2. The van der Waals surface area contributed by atoms with Crippen LogP contribution in [0.2, 0.25) is 5.02 Å². The van der Waals surface area contributed by atoms with Gasteiger partial charge in [0.1, 0.15) is 6.07 Å². The van der Waals surface area contributed by atoms with Gasteiger partial charge in [-0.1, -0.05) is 24.6 Å². The van der Waals surface area contributed by atoms with Crippen molar-refractivity contribution in [1.82, 2.24) is 4.90 Å². The number of nitriles is 1. The average Bonchev–Trinajstić information content (AvgIpc) is 2.41. The highest BCUT2D eigenvalue weighted by atomic mass is 35.5. The SMILES string of the molecule is CCN(CC(=O)O)C1CC(Nc2c(Cl)cccc2C#N)C1. The number of rotatable bonds is 6. The minimum atomic E-state index is -0.800. The number of carbonyl (C=O) groups is 1. The number of halogens is 1. The molecule has 112 valence electrons. The van der Waals surface area contributed by atoms with Crippen LogP contribution in [-0.4, -0.2) is 41.1 Å². The zero-order chi connectivity index (χ0) is 15.4. The summed E-state index contributed by atoms with van der Waals surface area (Å²) in [5.41, 5.74) is 1.20. The monoisotopic (exact) mass is 307 g/mol. The summed E-state index contributed by atoms with van der Waals surface area (Å²) >= 11 is 6.13. The van der Waals surface area contributed by atoms with Gasteiger partial charge in [-0.3, -0.25) is 9.69 Å². The number of carboxylic acids is 1. The molecule has 0 atom stereocenters. The highest BCUT2D eigenvalue weighted by Gasteiger charge is 2.34. The highest BCUT2D eigenvalue weighted by molar-refractivity contribution is 6.33. The van der Waals surface area contributed by atoms with Gasteiger partial charge in [-0.2, -0.15) is 5.26 Å². The summed E-state index contributed by atoms with van der Waals surface area (Å²) in [7, 11) is 0. The number of nitrogens with zero attached hydrogens (tertiary/aromatic N) is 2. The summed E-state index contributed by atoms with van der Waals surface area (Å²) < 4.78 is 0. The third-order valence-electron chi connectivity index (χ3n) is 3.86. The van der Waals surface area contributed by atoms with E-state index in [1.807, 2.05) is 11.8 Å². The summed E-state index contributed by atoms with van der Waals surface area (Å²) in [4.78, 5) is 12.8. The van der Waals surface area contributed by atoms with Crippen LogP contribution in [0.1, 0.15) is 25.3 Å². The van der Waals surface area contributed by atoms with Gasteiger partial charge < -0.3 is 10.4 Å². The zero-order valence-electron chi connectivity index (χ0n) is 11.8. The van der Waals surface area contributed by atoms with E-state index in [0.717, 1.165) is 19.4 Å². The van der Waals surface area contributed by atoms with Crippen molar-refractivity contribution in [2.45, 2.75) is 31.8 Å². The predicted octanol–water partition coefficient (Wildman–Crippen LogP) is 2.56. The Morgan fingerprint density at radius 3 is 2.86 bits per heavy atom. The fourth-order valence-electron chi connectivity index (χ4n) is 2.64. The number of carboxylic acid groups (broad SMARTS) is 1. The first-order valence-electron chi connectivity index (χ1n) is 6.96. The van der Waals surface area contributed by atoms with Crippen molar-refractivity contribution in [1.29, 1.82) is 5.26 Å². The second kappa shape index (κ2) is 6.79. The predicted molar refractivity (Wildman–Crippen MR) is 81.5 cm³/mol. The van der Waals surface area contributed by atoms with Crippen LogP contribution in [0.4, 0.5) is 5.69 Å². The van der Waals surface area contributed by atoms with Gasteiger partial charge in [-0.25, -0.2) is 0 Å². The molecule has 6 heteroatoms. The van der Waals surface area contributed by atoms with Gasteiger partial charge in [0.05, 0.1) is 22.8 Å². The Bertz CT molecular complexity index is 565. The van der Waals surface area contributed by atoms with Crippen LogP contribution < -0.4 is 5.32 Å². The maximum atomic E-state index is 10.8. The van der Waals surface area contributed by atoms with E-state index in [1.165, 1.54) is 0 Å². The number of hydrogen-bond acceptors (Lipinski definition) is 4. The van der Waals surface area contributed by atoms with Crippen LogP contribution in [0.3, 0.4) is 0 Å². The molecule has 0 saturated heterocycles. The van der Waals surface area contributed by atoms with E-state index in [0.29, 0.717) is 16.3 Å². The average molecular weight is 308 g/mol. The topological polar surface area (TPSA) is 76.4 Å². The molecule has 1 fully saturated rings. The Morgan fingerprint density at radius 1 is 1.57 bits per heavy atom. The van der Waals surface area contributed by atoms with E-state index < -0.39 is 5.97 Å². The van der Waals surface area contributed by atoms with Crippen LogP contribution in [0.5, 0.6) is 0 Å². The zero-order valence-corrected chi connectivity index (χ0v) is 12.6. The second-order valence-electron chi connectivity index (χ2n) is 5.20. The van der Waals surface area contributed by atoms with Crippen molar-refractivity contribution in [3.63, 3.8) is 0 Å². The molecule has 2 N–H and O–H groups in total. The Hall–Kier alpha value is -1.77. The van der Waals surface area contributed by atoms with Crippen molar-refractivity contribution in [2.24, 2.45) is 0 Å². The van der Waals surface area contributed by atoms with Crippen molar-refractivity contribution in [3.8, 4) is 6.07 Å². The first-order valence-corrected chi connectivity index (χ1v) is 7.34. The van der Waals surface area contributed by atoms with E-state index in [1.54, 1.807) is 18.2 Å². The van der Waals surface area contributed by atoms with Crippen LogP contribution >= 0.6 is 11.6 Å². The third kappa shape index (κ3) is 3.66. The molecule has 1 aromatic carbocycles. The van der Waals surface area contributed by atoms with Crippen molar-refractivity contribution >= 4 is 23.3 Å². The van der Waals surface area contributed by atoms with Gasteiger partial charge in [0.25, 0.3) is 0 Å². The van der Waals surface area contributed by atoms with Crippen molar-refractivity contribution in [2.75, 3.05) is 18.4 Å². The van der Waals surface area contributed by atoms with E-state index in [2.05, 4.69) is 11.4 Å². The largest absolute Gasteiger partial charge is 0.480 e. The first-order chi connectivity index (χ1) is 10.0. The lowest BCUT2D eigenvalue weighted by molar-refractivity contribution is -0.139. The molecule has 0 spiro atoms. The molecule has 1 aromatic rings. The van der Waals surface area contributed by atoms with Gasteiger partial charge in [-0.15, -0.1) is 0 Å². The number of likely N-dealkylation sites (N-methyl/N-ethyl adjacent to an activating group) is 1. The molecule has 0 aliphatic heterocycles. The van der Waals surface area contributed by atoms with Crippen LogP contribution in [0, 0.1) is 11.3 Å². The molecule has 1 saturated carbocycles. The Balaban J connectivity index is 1.94. The Labute approximate surface area is 129 Å². The van der Waals surface area contributed by atoms with Crippen LogP contribution in [-0.2, 0) is 4.79 Å². The molecule has 0 bridgehead atoms. The van der Waals surface area contributed by atoms with Gasteiger partial charge in [-0.05, 0) is 31.5 Å².